The predicted octanol–water partition coefficient (Wildman–Crippen LogP) is 2.05. The molecule has 1 N–H and O–H groups in total. The fourth-order valence-electron chi connectivity index (χ4n) is 1.31. The fraction of sp³-hybridized carbons (Fsp3) is 0.727. The molecule has 82 valence electrons. The number of esters is 1. The van der Waals surface area contributed by atoms with E-state index in [1.165, 1.54) is 7.11 Å². The van der Waals surface area contributed by atoms with Crippen molar-refractivity contribution in [2.75, 3.05) is 7.11 Å². The first-order chi connectivity index (χ1) is 6.65. The summed E-state index contributed by atoms with van der Waals surface area (Å²) in [6.45, 7) is 3.91. The standard InChI is InChI=1S/C11H20O3/c1-4-6-10(12)9(5-2)7-8-11(13)14-3/h5,10,12H,4,6-8H2,1-3H3. The minimum absolute atomic E-state index is 0.229. The number of carbonyl (C=O) groups excluding carboxylic acids is 1. The molecule has 0 rings (SSSR count). The Bertz CT molecular complexity index is 197. The van der Waals surface area contributed by atoms with Crippen molar-refractivity contribution < 1.29 is 14.6 Å². The van der Waals surface area contributed by atoms with Crippen LogP contribution in [0.4, 0.5) is 0 Å². The molecule has 0 aromatic rings. The molecule has 0 aromatic heterocycles. The van der Waals surface area contributed by atoms with Crippen LogP contribution >= 0.6 is 0 Å². The van der Waals surface area contributed by atoms with E-state index in [4.69, 9.17) is 0 Å². The third kappa shape index (κ3) is 5.02. The molecule has 0 radical (unpaired) electrons. The normalized spacial score (nSPS) is 13.9. The van der Waals surface area contributed by atoms with Crippen LogP contribution in [0.2, 0.25) is 0 Å². The Morgan fingerprint density at radius 3 is 2.57 bits per heavy atom. The molecule has 0 heterocycles. The fourth-order valence-corrected chi connectivity index (χ4v) is 1.31. The summed E-state index contributed by atoms with van der Waals surface area (Å²) in [5, 5.41) is 9.67. The Balaban J connectivity index is 3.98. The third-order valence-corrected chi connectivity index (χ3v) is 2.21. The van der Waals surface area contributed by atoms with E-state index in [1.807, 2.05) is 19.9 Å². The minimum atomic E-state index is -0.408. The van der Waals surface area contributed by atoms with Gasteiger partial charge in [0, 0.05) is 6.42 Å². The second-order valence-corrected chi connectivity index (χ2v) is 3.24. The molecule has 1 atom stereocenters. The molecule has 1 unspecified atom stereocenters. The van der Waals surface area contributed by atoms with Gasteiger partial charge in [0.2, 0.25) is 0 Å². The number of hydrogen-bond acceptors (Lipinski definition) is 3. The molecule has 3 nitrogen and oxygen atoms in total. The zero-order valence-electron chi connectivity index (χ0n) is 9.25. The predicted molar refractivity (Wildman–Crippen MR) is 55.9 cm³/mol. The maximum Gasteiger partial charge on any atom is 0.305 e. The average Bonchev–Trinajstić information content (AvgIpc) is 2.18. The van der Waals surface area contributed by atoms with E-state index in [2.05, 4.69) is 4.74 Å². The molecule has 3 heteroatoms. The van der Waals surface area contributed by atoms with Gasteiger partial charge in [0.25, 0.3) is 0 Å². The van der Waals surface area contributed by atoms with Gasteiger partial charge in [0.05, 0.1) is 13.2 Å². The first kappa shape index (κ1) is 13.2. The highest BCUT2D eigenvalue weighted by atomic mass is 16.5. The molecule has 0 aromatic carbocycles. The van der Waals surface area contributed by atoms with Crippen LogP contribution in [0.1, 0.15) is 39.5 Å². The maximum absolute atomic E-state index is 10.9. The van der Waals surface area contributed by atoms with Crippen molar-refractivity contribution in [3.63, 3.8) is 0 Å². The molecular formula is C11H20O3. The van der Waals surface area contributed by atoms with E-state index < -0.39 is 6.10 Å². The summed E-state index contributed by atoms with van der Waals surface area (Å²) >= 11 is 0. The Labute approximate surface area is 85.8 Å². The second-order valence-electron chi connectivity index (χ2n) is 3.24. The van der Waals surface area contributed by atoms with E-state index >= 15 is 0 Å². The highest BCUT2D eigenvalue weighted by molar-refractivity contribution is 5.69. The highest BCUT2D eigenvalue weighted by Crippen LogP contribution is 2.14. The summed E-state index contributed by atoms with van der Waals surface area (Å²) < 4.78 is 4.54. The van der Waals surface area contributed by atoms with Crippen LogP contribution in [-0.4, -0.2) is 24.3 Å². The van der Waals surface area contributed by atoms with E-state index in [1.54, 1.807) is 0 Å². The van der Waals surface area contributed by atoms with Crippen molar-refractivity contribution in [3.8, 4) is 0 Å². The number of carbonyl (C=O) groups is 1. The van der Waals surface area contributed by atoms with Crippen molar-refractivity contribution in [3.05, 3.63) is 11.6 Å². The maximum atomic E-state index is 10.9. The molecule has 0 spiro atoms. The number of aliphatic hydroxyl groups is 1. The van der Waals surface area contributed by atoms with E-state index in [0.29, 0.717) is 12.8 Å². The van der Waals surface area contributed by atoms with E-state index in [0.717, 1.165) is 18.4 Å². The van der Waals surface area contributed by atoms with Gasteiger partial charge in [-0.3, -0.25) is 4.79 Å². The summed E-state index contributed by atoms with van der Waals surface area (Å²) in [5.41, 5.74) is 0.928. The summed E-state index contributed by atoms with van der Waals surface area (Å²) in [6, 6.07) is 0. The van der Waals surface area contributed by atoms with Crippen LogP contribution in [0.3, 0.4) is 0 Å². The summed E-state index contributed by atoms with van der Waals surface area (Å²) in [6.07, 6.45) is 4.09. The smallest absolute Gasteiger partial charge is 0.305 e. The number of methoxy groups -OCH3 is 1. The number of hydrogen-bond donors (Lipinski definition) is 1. The summed E-state index contributed by atoms with van der Waals surface area (Å²) in [7, 11) is 1.38. The summed E-state index contributed by atoms with van der Waals surface area (Å²) in [4.78, 5) is 10.9. The molecular weight excluding hydrogens is 180 g/mol. The second kappa shape index (κ2) is 7.56. The van der Waals surface area contributed by atoms with Crippen LogP contribution < -0.4 is 0 Å². The SMILES string of the molecule is CC=C(CCC(=O)OC)C(O)CCC. The van der Waals surface area contributed by atoms with Crippen molar-refractivity contribution in [2.45, 2.75) is 45.6 Å². The Hall–Kier alpha value is -0.830. The lowest BCUT2D eigenvalue weighted by molar-refractivity contribution is -0.140. The molecule has 0 fully saturated rings. The zero-order chi connectivity index (χ0) is 11.0. The quantitative estimate of drug-likeness (QED) is 0.527. The lowest BCUT2D eigenvalue weighted by Crippen LogP contribution is -2.11. The Morgan fingerprint density at radius 1 is 1.50 bits per heavy atom. The van der Waals surface area contributed by atoms with Crippen LogP contribution in [-0.2, 0) is 9.53 Å². The number of rotatable bonds is 6. The van der Waals surface area contributed by atoms with Gasteiger partial charge < -0.3 is 9.84 Å². The van der Waals surface area contributed by atoms with Gasteiger partial charge in [0.15, 0.2) is 0 Å². The van der Waals surface area contributed by atoms with Gasteiger partial charge in [-0.1, -0.05) is 19.4 Å². The van der Waals surface area contributed by atoms with Crippen LogP contribution in [0.5, 0.6) is 0 Å². The van der Waals surface area contributed by atoms with E-state index in [9.17, 15) is 9.90 Å². The van der Waals surface area contributed by atoms with Gasteiger partial charge in [-0.05, 0) is 25.3 Å². The number of aliphatic hydroxyl groups excluding tert-OH is 1. The van der Waals surface area contributed by atoms with Gasteiger partial charge in [-0.15, -0.1) is 0 Å². The van der Waals surface area contributed by atoms with Crippen LogP contribution in [0.15, 0.2) is 11.6 Å². The Morgan fingerprint density at radius 2 is 2.14 bits per heavy atom. The highest BCUT2D eigenvalue weighted by Gasteiger charge is 2.10. The largest absolute Gasteiger partial charge is 0.469 e. The van der Waals surface area contributed by atoms with Crippen LogP contribution in [0.25, 0.3) is 0 Å². The molecule has 0 aliphatic heterocycles. The molecule has 0 aliphatic rings. The van der Waals surface area contributed by atoms with Crippen molar-refractivity contribution in [2.24, 2.45) is 0 Å². The van der Waals surface area contributed by atoms with Crippen LogP contribution in [0, 0.1) is 0 Å². The number of allylic oxidation sites excluding steroid dienone is 1. The monoisotopic (exact) mass is 200 g/mol. The molecule has 14 heavy (non-hydrogen) atoms. The van der Waals surface area contributed by atoms with Gasteiger partial charge >= 0.3 is 5.97 Å². The number of ether oxygens (including phenoxy) is 1. The van der Waals surface area contributed by atoms with Crippen molar-refractivity contribution in [1.29, 1.82) is 0 Å². The zero-order valence-corrected chi connectivity index (χ0v) is 9.25. The molecule has 0 amide bonds. The van der Waals surface area contributed by atoms with Crippen molar-refractivity contribution >= 4 is 5.97 Å². The molecule has 0 bridgehead atoms. The van der Waals surface area contributed by atoms with E-state index in [-0.39, 0.29) is 5.97 Å². The molecule has 0 aliphatic carbocycles. The molecule has 0 saturated heterocycles. The lowest BCUT2D eigenvalue weighted by atomic mass is 10.0. The van der Waals surface area contributed by atoms with Gasteiger partial charge in [-0.25, -0.2) is 0 Å². The summed E-state index contributed by atoms with van der Waals surface area (Å²) in [5.74, 6) is -0.229. The van der Waals surface area contributed by atoms with Gasteiger partial charge in [0.1, 0.15) is 0 Å². The topological polar surface area (TPSA) is 46.5 Å². The average molecular weight is 200 g/mol. The third-order valence-electron chi connectivity index (χ3n) is 2.21. The Kier molecular flexibility index (Phi) is 7.11. The first-order valence-corrected chi connectivity index (χ1v) is 5.05. The van der Waals surface area contributed by atoms with Gasteiger partial charge in [-0.2, -0.15) is 0 Å². The lowest BCUT2D eigenvalue weighted by Gasteiger charge is -2.13. The molecule has 0 saturated carbocycles. The van der Waals surface area contributed by atoms with Crippen molar-refractivity contribution in [1.82, 2.24) is 0 Å². The first-order valence-electron chi connectivity index (χ1n) is 5.05. The minimum Gasteiger partial charge on any atom is -0.469 e.